The van der Waals surface area contributed by atoms with Crippen molar-refractivity contribution in [2.75, 3.05) is 0 Å². The van der Waals surface area contributed by atoms with Crippen LogP contribution in [0.3, 0.4) is 0 Å². The topological polar surface area (TPSA) is 108 Å². The summed E-state index contributed by atoms with van der Waals surface area (Å²) >= 11 is 0. The van der Waals surface area contributed by atoms with E-state index in [0.29, 0.717) is 0 Å². The molecule has 0 bridgehead atoms. The first kappa shape index (κ1) is 19.5. The van der Waals surface area contributed by atoms with Gasteiger partial charge in [-0.25, -0.2) is 23.2 Å². The lowest BCUT2D eigenvalue weighted by Gasteiger charge is -2.22. The maximum absolute atomic E-state index is 11.8. The van der Waals surface area contributed by atoms with Gasteiger partial charge in [-0.15, -0.1) is 0 Å². The van der Waals surface area contributed by atoms with Gasteiger partial charge in [0.1, 0.15) is 0 Å². The predicted octanol–water partition coefficient (Wildman–Crippen LogP) is 2.05. The Morgan fingerprint density at radius 1 is 1.05 bits per heavy atom. The average molecular weight is 322 g/mol. The maximum atomic E-state index is 11.8. The number of esters is 2. The van der Waals surface area contributed by atoms with E-state index in [1.165, 1.54) is 0 Å². The fourth-order valence-corrected chi connectivity index (χ4v) is 2.06. The molecule has 0 aliphatic rings. The van der Waals surface area contributed by atoms with Crippen molar-refractivity contribution in [1.29, 1.82) is 0 Å². The second kappa shape index (κ2) is 9.46. The molecule has 8 nitrogen and oxygen atoms in total. The molecule has 2 atom stereocenters. The number of phosphoric acid groups is 1. The van der Waals surface area contributed by atoms with E-state index in [9.17, 15) is 19.0 Å². The zero-order chi connectivity index (χ0) is 16.5. The molecule has 0 saturated heterocycles. The van der Waals surface area contributed by atoms with Gasteiger partial charge in [0, 0.05) is 25.0 Å². The Bertz CT molecular complexity index is 397. The summed E-state index contributed by atoms with van der Waals surface area (Å²) in [5.41, 5.74) is 0. The predicted molar refractivity (Wildman–Crippen MR) is 72.7 cm³/mol. The molecule has 0 aliphatic heterocycles. The first-order valence-corrected chi connectivity index (χ1v) is 7.63. The minimum Gasteiger partial charge on any atom is -0.432 e. The molecule has 21 heavy (non-hydrogen) atoms. The van der Waals surface area contributed by atoms with Crippen LogP contribution in [0.2, 0.25) is 0 Å². The van der Waals surface area contributed by atoms with E-state index in [-0.39, 0.29) is 12.8 Å². The Morgan fingerprint density at radius 2 is 1.38 bits per heavy atom. The normalized spacial score (nSPS) is 16.1. The number of rotatable bonds is 10. The SMILES string of the molecule is C=CC(=O)OC(CC)OP(=O)(O)OC(CC)OC(=O)C=C. The third-order valence-corrected chi connectivity index (χ3v) is 3.00. The molecule has 0 spiro atoms. The Labute approximate surface area is 122 Å². The van der Waals surface area contributed by atoms with Crippen molar-refractivity contribution >= 4 is 19.8 Å². The summed E-state index contributed by atoms with van der Waals surface area (Å²) in [7, 11) is -4.59. The Kier molecular flexibility index (Phi) is 8.80. The number of hydrogen-bond donors (Lipinski definition) is 1. The summed E-state index contributed by atoms with van der Waals surface area (Å²) in [6.07, 6.45) is -0.600. The summed E-state index contributed by atoms with van der Waals surface area (Å²) < 4.78 is 30.5. The molecule has 0 aromatic heterocycles. The van der Waals surface area contributed by atoms with Gasteiger partial charge in [0.15, 0.2) is 0 Å². The molecule has 0 amide bonds. The molecule has 120 valence electrons. The van der Waals surface area contributed by atoms with Crippen LogP contribution in [0.4, 0.5) is 0 Å². The average Bonchev–Trinajstić information content (AvgIpc) is 2.44. The minimum atomic E-state index is -4.59. The first-order chi connectivity index (χ1) is 9.77. The summed E-state index contributed by atoms with van der Waals surface area (Å²) in [6, 6.07) is 0. The van der Waals surface area contributed by atoms with Crippen molar-refractivity contribution in [2.24, 2.45) is 0 Å². The van der Waals surface area contributed by atoms with Gasteiger partial charge in [0.25, 0.3) is 0 Å². The second-order valence-electron chi connectivity index (χ2n) is 3.64. The smallest absolute Gasteiger partial charge is 0.432 e. The van der Waals surface area contributed by atoms with Crippen LogP contribution in [-0.4, -0.2) is 29.4 Å². The van der Waals surface area contributed by atoms with Crippen LogP contribution in [0.25, 0.3) is 0 Å². The number of carbonyl (C=O) groups excluding carboxylic acids is 2. The van der Waals surface area contributed by atoms with Gasteiger partial charge >= 0.3 is 19.8 Å². The second-order valence-corrected chi connectivity index (χ2v) is 5.00. The molecule has 0 heterocycles. The summed E-state index contributed by atoms with van der Waals surface area (Å²) in [5, 5.41) is 0. The highest BCUT2D eigenvalue weighted by Crippen LogP contribution is 2.47. The van der Waals surface area contributed by atoms with Gasteiger partial charge in [0.05, 0.1) is 0 Å². The highest BCUT2D eigenvalue weighted by atomic mass is 31.2. The maximum Gasteiger partial charge on any atom is 0.478 e. The Balaban J connectivity index is 4.66. The molecule has 2 unspecified atom stereocenters. The van der Waals surface area contributed by atoms with E-state index < -0.39 is 32.3 Å². The third kappa shape index (κ3) is 8.41. The molecule has 1 N–H and O–H groups in total. The van der Waals surface area contributed by atoms with E-state index in [1.807, 2.05) is 0 Å². The molecular formula is C12H19O8P. The van der Waals surface area contributed by atoms with Gasteiger partial charge in [-0.3, -0.25) is 0 Å². The summed E-state index contributed by atoms with van der Waals surface area (Å²) in [5.74, 6) is -1.63. The van der Waals surface area contributed by atoms with Crippen LogP contribution >= 0.6 is 7.82 Å². The molecule has 0 fully saturated rings. The van der Waals surface area contributed by atoms with Gasteiger partial charge < -0.3 is 14.4 Å². The van der Waals surface area contributed by atoms with Crippen LogP contribution in [0.15, 0.2) is 25.3 Å². The van der Waals surface area contributed by atoms with E-state index in [4.69, 9.17) is 0 Å². The van der Waals surface area contributed by atoms with Crippen molar-refractivity contribution in [1.82, 2.24) is 0 Å². The van der Waals surface area contributed by atoms with Crippen LogP contribution in [0.5, 0.6) is 0 Å². The fourth-order valence-electron chi connectivity index (χ4n) is 1.04. The fraction of sp³-hybridized carbons (Fsp3) is 0.500. The number of ether oxygens (including phenoxy) is 2. The van der Waals surface area contributed by atoms with Crippen molar-refractivity contribution in [3.8, 4) is 0 Å². The van der Waals surface area contributed by atoms with E-state index >= 15 is 0 Å². The summed E-state index contributed by atoms with van der Waals surface area (Å²) in [6.45, 7) is 9.51. The van der Waals surface area contributed by atoms with E-state index in [1.54, 1.807) is 13.8 Å². The molecule has 0 aromatic rings. The number of hydrogen-bond acceptors (Lipinski definition) is 7. The monoisotopic (exact) mass is 322 g/mol. The standard InChI is InChI=1S/C12H19O8P/c1-5-9(13)17-11(7-3)19-21(15,16)20-12(8-4)18-10(14)6-2/h5-6,11-12H,1-2,7-8H2,3-4H3,(H,15,16). The highest BCUT2D eigenvalue weighted by Gasteiger charge is 2.32. The quantitative estimate of drug-likeness (QED) is 0.282. The first-order valence-electron chi connectivity index (χ1n) is 6.13. The van der Waals surface area contributed by atoms with Gasteiger partial charge in [0.2, 0.25) is 12.6 Å². The van der Waals surface area contributed by atoms with E-state index in [2.05, 4.69) is 31.7 Å². The third-order valence-electron chi connectivity index (χ3n) is 2.00. The van der Waals surface area contributed by atoms with Crippen LogP contribution in [0, 0.1) is 0 Å². The van der Waals surface area contributed by atoms with Crippen LogP contribution in [-0.2, 0) is 32.7 Å². The van der Waals surface area contributed by atoms with Crippen LogP contribution < -0.4 is 0 Å². The van der Waals surface area contributed by atoms with Gasteiger partial charge in [-0.05, 0) is 0 Å². The number of carbonyl (C=O) groups is 2. The van der Waals surface area contributed by atoms with E-state index in [0.717, 1.165) is 12.2 Å². The summed E-state index contributed by atoms with van der Waals surface area (Å²) in [4.78, 5) is 31.6. The number of phosphoric ester groups is 1. The molecule has 0 saturated carbocycles. The lowest BCUT2D eigenvalue weighted by Crippen LogP contribution is -2.22. The van der Waals surface area contributed by atoms with Crippen molar-refractivity contribution < 1.29 is 37.6 Å². The lowest BCUT2D eigenvalue weighted by molar-refractivity contribution is -0.167. The molecule has 0 aliphatic carbocycles. The Morgan fingerprint density at radius 3 is 1.62 bits per heavy atom. The van der Waals surface area contributed by atoms with Crippen LogP contribution in [0.1, 0.15) is 26.7 Å². The molecule has 0 radical (unpaired) electrons. The Hall–Kier alpha value is -1.47. The molecule has 0 rings (SSSR count). The largest absolute Gasteiger partial charge is 0.478 e. The zero-order valence-corrected chi connectivity index (χ0v) is 12.8. The lowest BCUT2D eigenvalue weighted by atomic mass is 10.5. The van der Waals surface area contributed by atoms with Crippen molar-refractivity contribution in [2.45, 2.75) is 39.3 Å². The van der Waals surface area contributed by atoms with Crippen molar-refractivity contribution in [3.05, 3.63) is 25.3 Å². The zero-order valence-electron chi connectivity index (χ0n) is 11.9. The van der Waals surface area contributed by atoms with Crippen molar-refractivity contribution in [3.63, 3.8) is 0 Å². The van der Waals surface area contributed by atoms with Gasteiger partial charge in [-0.2, -0.15) is 0 Å². The minimum absolute atomic E-state index is 0.108. The van der Waals surface area contributed by atoms with Gasteiger partial charge in [-0.1, -0.05) is 27.0 Å². The highest BCUT2D eigenvalue weighted by molar-refractivity contribution is 7.47. The molecular weight excluding hydrogens is 303 g/mol. The molecule has 0 aromatic carbocycles. The molecule has 9 heteroatoms.